The van der Waals surface area contributed by atoms with Crippen LogP contribution in [-0.4, -0.2) is 21.3 Å². The number of hydrogen-bond acceptors (Lipinski definition) is 4. The monoisotopic (exact) mass is 251 g/mol. The Hall–Kier alpha value is -1.75. The Kier molecular flexibility index (Phi) is 3.82. The number of halogens is 1. The lowest BCUT2D eigenvalue weighted by molar-refractivity contribution is 0.592. The zero-order valence-electron chi connectivity index (χ0n) is 9.31. The van der Waals surface area contributed by atoms with E-state index < -0.39 is 0 Å². The first-order chi connectivity index (χ1) is 8.27. The molecule has 0 fully saturated rings. The zero-order chi connectivity index (χ0) is 12.1. The molecule has 0 aliphatic heterocycles. The minimum absolute atomic E-state index is 0.545. The van der Waals surface area contributed by atoms with E-state index in [9.17, 15) is 0 Å². The molecule has 0 bridgehead atoms. The van der Waals surface area contributed by atoms with Crippen LogP contribution in [0.5, 0.6) is 0 Å². The lowest BCUT2D eigenvalue weighted by atomic mass is 10.3. The number of pyridine rings is 1. The highest BCUT2D eigenvalue weighted by atomic mass is 35.5. The fourth-order valence-corrected chi connectivity index (χ4v) is 1.76. The third-order valence-electron chi connectivity index (χ3n) is 2.35. The molecule has 0 amide bonds. The summed E-state index contributed by atoms with van der Waals surface area (Å²) in [7, 11) is 0. The van der Waals surface area contributed by atoms with Crippen LogP contribution in [0.25, 0.3) is 0 Å². The van der Waals surface area contributed by atoms with E-state index in [1.165, 1.54) is 0 Å². The van der Waals surface area contributed by atoms with Crippen molar-refractivity contribution in [2.24, 2.45) is 0 Å². The maximum atomic E-state index is 5.99. The summed E-state index contributed by atoms with van der Waals surface area (Å²) in [4.78, 5) is 3.90. The molecule has 0 unspecified atom stereocenters. The van der Waals surface area contributed by atoms with Gasteiger partial charge in [0.2, 0.25) is 0 Å². The smallest absolute Gasteiger partial charge is 0.0841 e. The molecule has 2 aromatic rings. The summed E-state index contributed by atoms with van der Waals surface area (Å²) in [5.74, 6) is 0. The van der Waals surface area contributed by atoms with Gasteiger partial charge in [-0.3, -0.25) is 9.67 Å². The van der Waals surface area contributed by atoms with Crippen LogP contribution >= 0.6 is 11.6 Å². The number of aryl methyl sites for hydroxylation is 1. The zero-order valence-corrected chi connectivity index (χ0v) is 10.1. The fraction of sp³-hybridized carbons (Fsp3) is 0.273. The van der Waals surface area contributed by atoms with Crippen LogP contribution in [0.15, 0.2) is 30.9 Å². The number of nitrogens with two attached hydrogens (primary N) is 1. The van der Waals surface area contributed by atoms with E-state index in [-0.39, 0.29) is 0 Å². The van der Waals surface area contributed by atoms with Gasteiger partial charge in [-0.05, 0) is 12.5 Å². The molecule has 0 radical (unpaired) electrons. The highest BCUT2D eigenvalue weighted by Gasteiger charge is 2.03. The second kappa shape index (κ2) is 5.54. The molecule has 0 aliphatic rings. The van der Waals surface area contributed by atoms with Crippen LogP contribution in [0.1, 0.15) is 6.42 Å². The molecule has 90 valence electrons. The van der Waals surface area contributed by atoms with Crippen LogP contribution in [0.3, 0.4) is 0 Å². The maximum absolute atomic E-state index is 5.99. The van der Waals surface area contributed by atoms with Gasteiger partial charge in [0.15, 0.2) is 0 Å². The number of nitrogens with zero attached hydrogens (tertiary/aromatic N) is 3. The SMILES string of the molecule is Nc1cncc(Cl)c1NCCCn1cccn1. The van der Waals surface area contributed by atoms with Gasteiger partial charge in [0, 0.05) is 31.7 Å². The fourth-order valence-electron chi connectivity index (χ4n) is 1.52. The first kappa shape index (κ1) is 11.7. The summed E-state index contributed by atoms with van der Waals surface area (Å²) in [5.41, 5.74) is 7.09. The van der Waals surface area contributed by atoms with Crippen molar-refractivity contribution in [2.75, 3.05) is 17.6 Å². The Morgan fingerprint density at radius 3 is 3.00 bits per heavy atom. The van der Waals surface area contributed by atoms with Crippen molar-refractivity contribution in [3.63, 3.8) is 0 Å². The molecule has 0 saturated heterocycles. The average molecular weight is 252 g/mol. The highest BCUT2D eigenvalue weighted by Crippen LogP contribution is 2.26. The normalized spacial score (nSPS) is 10.4. The second-order valence-electron chi connectivity index (χ2n) is 3.64. The Bertz CT molecular complexity index is 448. The predicted octanol–water partition coefficient (Wildman–Crippen LogP) is 2.02. The van der Waals surface area contributed by atoms with Gasteiger partial charge in [-0.15, -0.1) is 0 Å². The van der Waals surface area contributed by atoms with Crippen molar-refractivity contribution in [1.82, 2.24) is 14.8 Å². The van der Waals surface area contributed by atoms with Gasteiger partial charge in [0.05, 0.1) is 22.6 Å². The number of aromatic nitrogens is 3. The van der Waals surface area contributed by atoms with Crippen molar-refractivity contribution < 1.29 is 0 Å². The first-order valence-corrected chi connectivity index (χ1v) is 5.75. The number of nitrogen functional groups attached to an aromatic ring is 1. The van der Waals surface area contributed by atoms with Gasteiger partial charge in [-0.25, -0.2) is 0 Å². The Balaban J connectivity index is 1.82. The third-order valence-corrected chi connectivity index (χ3v) is 2.64. The van der Waals surface area contributed by atoms with Crippen molar-refractivity contribution in [1.29, 1.82) is 0 Å². The van der Waals surface area contributed by atoms with Crippen molar-refractivity contribution in [3.8, 4) is 0 Å². The van der Waals surface area contributed by atoms with E-state index in [1.807, 2.05) is 16.9 Å². The minimum Gasteiger partial charge on any atom is -0.396 e. The summed E-state index contributed by atoms with van der Waals surface area (Å²) >= 11 is 5.99. The molecule has 2 heterocycles. The van der Waals surface area contributed by atoms with Crippen LogP contribution in [0.4, 0.5) is 11.4 Å². The van der Waals surface area contributed by atoms with Crippen LogP contribution in [-0.2, 0) is 6.54 Å². The van der Waals surface area contributed by atoms with E-state index in [0.717, 1.165) is 25.2 Å². The lowest BCUT2D eigenvalue weighted by Crippen LogP contribution is -2.09. The third kappa shape index (κ3) is 3.10. The van der Waals surface area contributed by atoms with Crippen molar-refractivity contribution >= 4 is 23.0 Å². The van der Waals surface area contributed by atoms with E-state index in [0.29, 0.717) is 10.7 Å². The van der Waals surface area contributed by atoms with Crippen LogP contribution in [0.2, 0.25) is 5.02 Å². The van der Waals surface area contributed by atoms with E-state index in [1.54, 1.807) is 18.6 Å². The minimum atomic E-state index is 0.545. The van der Waals surface area contributed by atoms with Crippen molar-refractivity contribution in [2.45, 2.75) is 13.0 Å². The summed E-state index contributed by atoms with van der Waals surface area (Å²) in [6, 6.07) is 1.91. The van der Waals surface area contributed by atoms with Crippen LogP contribution < -0.4 is 11.1 Å². The molecule has 0 saturated carbocycles. The molecule has 2 rings (SSSR count). The van der Waals surface area contributed by atoms with Crippen LogP contribution in [0, 0.1) is 0 Å². The summed E-state index contributed by atoms with van der Waals surface area (Å²) in [6.07, 6.45) is 7.81. The molecule has 3 N–H and O–H groups in total. The summed E-state index contributed by atoms with van der Waals surface area (Å²) < 4.78 is 1.89. The molecular formula is C11H14ClN5. The molecule has 2 aromatic heterocycles. The van der Waals surface area contributed by atoms with Crippen molar-refractivity contribution in [3.05, 3.63) is 35.9 Å². The van der Waals surface area contributed by atoms with Gasteiger partial charge in [0.1, 0.15) is 0 Å². The van der Waals surface area contributed by atoms with E-state index in [4.69, 9.17) is 17.3 Å². The van der Waals surface area contributed by atoms with E-state index >= 15 is 0 Å². The lowest BCUT2D eigenvalue weighted by Gasteiger charge is -2.10. The van der Waals surface area contributed by atoms with Gasteiger partial charge in [-0.2, -0.15) is 5.10 Å². The molecular weight excluding hydrogens is 238 g/mol. The summed E-state index contributed by atoms with van der Waals surface area (Å²) in [5, 5.41) is 7.88. The van der Waals surface area contributed by atoms with Gasteiger partial charge < -0.3 is 11.1 Å². The van der Waals surface area contributed by atoms with Gasteiger partial charge >= 0.3 is 0 Å². The topological polar surface area (TPSA) is 68.8 Å². The number of hydrogen-bond donors (Lipinski definition) is 2. The first-order valence-electron chi connectivity index (χ1n) is 5.37. The molecule has 0 aliphatic carbocycles. The Morgan fingerprint density at radius 1 is 1.41 bits per heavy atom. The largest absolute Gasteiger partial charge is 0.396 e. The predicted molar refractivity (Wildman–Crippen MR) is 69.0 cm³/mol. The molecule has 0 spiro atoms. The van der Waals surface area contributed by atoms with Gasteiger partial charge in [0.25, 0.3) is 0 Å². The Morgan fingerprint density at radius 2 is 2.29 bits per heavy atom. The average Bonchev–Trinajstić information content (AvgIpc) is 2.80. The quantitative estimate of drug-likeness (QED) is 0.798. The summed E-state index contributed by atoms with van der Waals surface area (Å²) in [6.45, 7) is 1.65. The highest BCUT2D eigenvalue weighted by molar-refractivity contribution is 6.33. The number of rotatable bonds is 5. The molecule has 0 aromatic carbocycles. The standard InChI is InChI=1S/C11H14ClN5/c12-9-7-14-8-10(13)11(9)15-3-1-5-17-6-2-4-16-17/h2,4,6-8H,1,3,5,13H2,(H,14,15). The van der Waals surface area contributed by atoms with Gasteiger partial charge in [-0.1, -0.05) is 11.6 Å². The maximum Gasteiger partial charge on any atom is 0.0841 e. The number of nitrogens with one attached hydrogen (secondary N) is 1. The second-order valence-corrected chi connectivity index (χ2v) is 4.04. The Labute approximate surface area is 105 Å². The van der Waals surface area contributed by atoms with E-state index in [2.05, 4.69) is 15.4 Å². The molecule has 0 atom stereocenters. The molecule has 5 nitrogen and oxygen atoms in total. The molecule has 17 heavy (non-hydrogen) atoms. The number of anilines is 2. The molecule has 6 heteroatoms.